The zero-order valence-electron chi connectivity index (χ0n) is 11.2. The predicted molar refractivity (Wildman–Crippen MR) is 74.9 cm³/mol. The molecule has 4 heteroatoms. The topological polar surface area (TPSA) is 48.4 Å². The van der Waals surface area contributed by atoms with Gasteiger partial charge in [-0.1, -0.05) is 42.5 Å². The average molecular weight is 261 g/mol. The Kier molecular flexibility index (Phi) is 12.0. The molecule has 102 valence electrons. The Morgan fingerprint density at radius 2 is 1.58 bits per heavy atom. The van der Waals surface area contributed by atoms with Gasteiger partial charge in [-0.3, -0.25) is 4.79 Å². The number of rotatable bonds is 3. The number of hydrogen-bond acceptors (Lipinski definition) is 4. The second-order valence-corrected chi connectivity index (χ2v) is 3.09. The number of carbonyl (C=O) groups excluding carboxylic acids is 1. The minimum Gasteiger partial charge on any atom is -0.478 e. The molecule has 1 heterocycles. The van der Waals surface area contributed by atoms with E-state index in [9.17, 15) is 0 Å². The third-order valence-electron chi connectivity index (χ3n) is 1.69. The second kappa shape index (κ2) is 13.7. The summed E-state index contributed by atoms with van der Waals surface area (Å²) < 4.78 is 8.96. The fourth-order valence-electron chi connectivity index (χ4n) is 0.965. The molecule has 1 aromatic heterocycles. The molecule has 0 bridgehead atoms. The van der Waals surface area contributed by atoms with Crippen LogP contribution >= 0.6 is 0 Å². The van der Waals surface area contributed by atoms with Gasteiger partial charge in [0.25, 0.3) is 6.47 Å². The summed E-state index contributed by atoms with van der Waals surface area (Å²) in [5, 5.41) is 0. The first-order valence-corrected chi connectivity index (χ1v) is 5.85. The molecular formula is C15H19NO3. The molecule has 1 aromatic carbocycles. The van der Waals surface area contributed by atoms with E-state index < -0.39 is 0 Å². The molecule has 2 rings (SSSR count). The van der Waals surface area contributed by atoms with Crippen molar-refractivity contribution in [2.24, 2.45) is 0 Å². The highest BCUT2D eigenvalue weighted by molar-refractivity contribution is 5.36. The Balaban J connectivity index is 0.000000281. The highest BCUT2D eigenvalue weighted by atomic mass is 16.5. The Morgan fingerprint density at radius 1 is 1.05 bits per heavy atom. The molecular weight excluding hydrogens is 242 g/mol. The lowest BCUT2D eigenvalue weighted by Crippen LogP contribution is -1.92. The fraction of sp³-hybridized carbons (Fsp3) is 0.200. The molecule has 0 N–H and O–H groups in total. The van der Waals surface area contributed by atoms with Crippen molar-refractivity contribution in [2.75, 3.05) is 13.7 Å². The third-order valence-corrected chi connectivity index (χ3v) is 1.69. The van der Waals surface area contributed by atoms with Crippen molar-refractivity contribution >= 4 is 6.47 Å². The zero-order chi connectivity index (χ0) is 14.2. The van der Waals surface area contributed by atoms with Gasteiger partial charge < -0.3 is 9.47 Å². The van der Waals surface area contributed by atoms with Gasteiger partial charge in [0.1, 0.15) is 0 Å². The second-order valence-electron chi connectivity index (χ2n) is 3.09. The van der Waals surface area contributed by atoms with E-state index in [1.165, 1.54) is 7.11 Å². The van der Waals surface area contributed by atoms with Gasteiger partial charge in [0.15, 0.2) is 0 Å². The van der Waals surface area contributed by atoms with Crippen molar-refractivity contribution in [3.05, 3.63) is 60.8 Å². The van der Waals surface area contributed by atoms with Gasteiger partial charge in [-0.25, -0.2) is 4.98 Å². The number of hydrogen-bond donors (Lipinski definition) is 0. The molecule has 0 atom stereocenters. The van der Waals surface area contributed by atoms with Crippen LogP contribution in [0.2, 0.25) is 0 Å². The van der Waals surface area contributed by atoms with Crippen molar-refractivity contribution in [2.45, 2.75) is 6.92 Å². The van der Waals surface area contributed by atoms with E-state index in [4.69, 9.17) is 9.53 Å². The Morgan fingerprint density at radius 3 is 1.89 bits per heavy atom. The van der Waals surface area contributed by atoms with Gasteiger partial charge in [-0.05, 0) is 13.0 Å². The van der Waals surface area contributed by atoms with E-state index in [1.807, 2.05) is 61.5 Å². The molecule has 0 saturated carbocycles. The normalized spacial score (nSPS) is 7.89. The monoisotopic (exact) mass is 261 g/mol. The minimum absolute atomic E-state index is 0.375. The van der Waals surface area contributed by atoms with Crippen LogP contribution in [-0.4, -0.2) is 25.2 Å². The standard InChI is InChI=1S/C7H9NO.C6H6.C2H4O2/c1-2-9-7-5-3-4-6-8-7;1-2-4-6-5-3-1;1-4-2-3/h3-6H,2H2,1H3;1-6H;2H,1H3. The van der Waals surface area contributed by atoms with Crippen LogP contribution in [0.4, 0.5) is 0 Å². The Hall–Kier alpha value is -2.36. The molecule has 4 nitrogen and oxygen atoms in total. The van der Waals surface area contributed by atoms with Crippen LogP contribution in [0, 0.1) is 0 Å². The Bertz CT molecular complexity index is 366. The highest BCUT2D eigenvalue weighted by Gasteiger charge is 1.85. The van der Waals surface area contributed by atoms with Crippen LogP contribution in [-0.2, 0) is 9.53 Å². The highest BCUT2D eigenvalue weighted by Crippen LogP contribution is 2.01. The maximum absolute atomic E-state index is 8.95. The quantitative estimate of drug-likeness (QED) is 0.797. The summed E-state index contributed by atoms with van der Waals surface area (Å²) in [6.45, 7) is 2.99. The van der Waals surface area contributed by atoms with Crippen molar-refractivity contribution in [1.82, 2.24) is 4.98 Å². The molecule has 19 heavy (non-hydrogen) atoms. The van der Waals surface area contributed by atoms with Crippen molar-refractivity contribution < 1.29 is 14.3 Å². The number of benzene rings is 1. The van der Waals surface area contributed by atoms with Crippen LogP contribution in [0.5, 0.6) is 5.88 Å². The van der Waals surface area contributed by atoms with E-state index in [-0.39, 0.29) is 0 Å². The summed E-state index contributed by atoms with van der Waals surface area (Å²) in [6.07, 6.45) is 1.71. The summed E-state index contributed by atoms with van der Waals surface area (Å²) in [6, 6.07) is 17.6. The number of methoxy groups -OCH3 is 1. The van der Waals surface area contributed by atoms with E-state index in [1.54, 1.807) is 6.20 Å². The lowest BCUT2D eigenvalue weighted by atomic mass is 10.4. The van der Waals surface area contributed by atoms with E-state index in [2.05, 4.69) is 9.72 Å². The lowest BCUT2D eigenvalue weighted by Gasteiger charge is -1.97. The molecule has 0 aliphatic heterocycles. The molecule has 0 aliphatic rings. The largest absolute Gasteiger partial charge is 0.478 e. The number of aromatic nitrogens is 1. The molecule has 0 unspecified atom stereocenters. The first-order chi connectivity index (χ1) is 9.35. The van der Waals surface area contributed by atoms with E-state index in [0.29, 0.717) is 19.0 Å². The smallest absolute Gasteiger partial charge is 0.292 e. The van der Waals surface area contributed by atoms with Gasteiger partial charge in [0.2, 0.25) is 5.88 Å². The molecule has 0 fully saturated rings. The molecule has 0 aliphatic carbocycles. The minimum atomic E-state index is 0.375. The number of ether oxygens (including phenoxy) is 2. The van der Waals surface area contributed by atoms with Crippen molar-refractivity contribution in [1.29, 1.82) is 0 Å². The van der Waals surface area contributed by atoms with Gasteiger partial charge in [-0.2, -0.15) is 0 Å². The molecule has 0 spiro atoms. The predicted octanol–water partition coefficient (Wildman–Crippen LogP) is 2.96. The molecule has 2 aromatic rings. The van der Waals surface area contributed by atoms with E-state index >= 15 is 0 Å². The SMILES string of the molecule is CCOc1ccccn1.COC=O.c1ccccc1. The average Bonchev–Trinajstić information content (AvgIpc) is 2.51. The zero-order valence-corrected chi connectivity index (χ0v) is 11.2. The summed E-state index contributed by atoms with van der Waals surface area (Å²) in [5.41, 5.74) is 0. The van der Waals surface area contributed by atoms with Crippen LogP contribution in [0.3, 0.4) is 0 Å². The fourth-order valence-corrected chi connectivity index (χ4v) is 0.965. The van der Waals surface area contributed by atoms with Crippen LogP contribution < -0.4 is 4.74 Å². The van der Waals surface area contributed by atoms with Crippen LogP contribution in [0.15, 0.2) is 60.8 Å². The van der Waals surface area contributed by atoms with Crippen LogP contribution in [0.1, 0.15) is 6.92 Å². The van der Waals surface area contributed by atoms with Gasteiger partial charge in [0, 0.05) is 12.3 Å². The molecule has 0 amide bonds. The third kappa shape index (κ3) is 11.9. The summed E-state index contributed by atoms with van der Waals surface area (Å²) in [4.78, 5) is 12.9. The lowest BCUT2D eigenvalue weighted by molar-refractivity contribution is -0.126. The molecule has 0 saturated heterocycles. The van der Waals surface area contributed by atoms with E-state index in [0.717, 1.165) is 0 Å². The summed E-state index contributed by atoms with van der Waals surface area (Å²) in [7, 11) is 1.31. The first-order valence-electron chi connectivity index (χ1n) is 5.85. The van der Waals surface area contributed by atoms with Gasteiger partial charge in [0.05, 0.1) is 13.7 Å². The van der Waals surface area contributed by atoms with Gasteiger partial charge >= 0.3 is 0 Å². The number of nitrogens with zero attached hydrogens (tertiary/aromatic N) is 1. The summed E-state index contributed by atoms with van der Waals surface area (Å²) in [5.74, 6) is 0.694. The summed E-state index contributed by atoms with van der Waals surface area (Å²) >= 11 is 0. The first kappa shape index (κ1) is 16.6. The number of pyridine rings is 1. The number of carbonyl (C=O) groups is 1. The van der Waals surface area contributed by atoms with Crippen molar-refractivity contribution in [3.63, 3.8) is 0 Å². The molecule has 0 radical (unpaired) electrons. The van der Waals surface area contributed by atoms with Crippen molar-refractivity contribution in [3.8, 4) is 5.88 Å². The van der Waals surface area contributed by atoms with Crippen LogP contribution in [0.25, 0.3) is 0 Å². The Labute approximate surface area is 114 Å². The maximum Gasteiger partial charge on any atom is 0.292 e. The van der Waals surface area contributed by atoms with Gasteiger partial charge in [-0.15, -0.1) is 0 Å². The maximum atomic E-state index is 8.95.